The molecule has 1 saturated heterocycles. The quantitative estimate of drug-likeness (QED) is 0.102. The number of aromatic nitrogens is 2. The van der Waals surface area contributed by atoms with Crippen molar-refractivity contribution in [3.05, 3.63) is 128 Å². The summed E-state index contributed by atoms with van der Waals surface area (Å²) in [7, 11) is 1.63. The monoisotopic (exact) mass is 677 g/mol. The number of imide groups is 1. The molecule has 0 aliphatic carbocycles. The second-order valence-corrected chi connectivity index (χ2v) is 12.9. The summed E-state index contributed by atoms with van der Waals surface area (Å²) in [4.78, 5) is 35.9. The molecule has 244 valence electrons. The molecule has 10 heteroatoms. The molecule has 0 radical (unpaired) electrons. The number of unbranched alkanes of at least 4 members (excludes halogenated alkanes) is 1. The summed E-state index contributed by atoms with van der Waals surface area (Å²) >= 11 is 3.04. The summed E-state index contributed by atoms with van der Waals surface area (Å²) in [6.07, 6.45) is 9.40. The first kappa shape index (κ1) is 32.9. The van der Waals surface area contributed by atoms with Crippen LogP contribution in [-0.4, -0.2) is 40.1 Å². The van der Waals surface area contributed by atoms with E-state index in [-0.39, 0.29) is 12.5 Å². The molecule has 1 aliphatic heterocycles. The minimum Gasteiger partial charge on any atom is -0.493 e. The van der Waals surface area contributed by atoms with Crippen LogP contribution < -0.4 is 9.47 Å². The number of thiazole rings is 2. The number of methoxy groups -OCH3 is 1. The lowest BCUT2D eigenvalue weighted by molar-refractivity contribution is -0.130. The van der Waals surface area contributed by atoms with E-state index in [4.69, 9.17) is 14.2 Å². The van der Waals surface area contributed by atoms with Crippen LogP contribution in [0, 0.1) is 0 Å². The molecule has 1 unspecified atom stereocenters. The highest BCUT2D eigenvalue weighted by atomic mass is 32.1. The number of rotatable bonds is 15. The van der Waals surface area contributed by atoms with Gasteiger partial charge in [0, 0.05) is 10.8 Å². The minimum absolute atomic E-state index is 0.104. The zero-order chi connectivity index (χ0) is 33.1. The Labute approximate surface area is 288 Å². The van der Waals surface area contributed by atoms with Crippen molar-refractivity contribution in [1.29, 1.82) is 0 Å². The van der Waals surface area contributed by atoms with E-state index in [9.17, 15) is 9.59 Å². The summed E-state index contributed by atoms with van der Waals surface area (Å²) in [5.41, 5.74) is 4.81. The van der Waals surface area contributed by atoms with Gasteiger partial charge in [-0.3, -0.25) is 4.79 Å². The smallest absolute Gasteiger partial charge is 0.417 e. The molecule has 0 bridgehead atoms. The summed E-state index contributed by atoms with van der Waals surface area (Å²) in [5, 5.41) is 5.59. The van der Waals surface area contributed by atoms with Crippen LogP contribution in [0.2, 0.25) is 0 Å². The Bertz CT molecular complexity index is 1880. The van der Waals surface area contributed by atoms with Gasteiger partial charge in [-0.1, -0.05) is 78.9 Å². The number of carbonyl (C=O) groups is 2. The number of benzene rings is 3. The molecule has 1 atom stereocenters. The van der Waals surface area contributed by atoms with E-state index >= 15 is 0 Å². The largest absolute Gasteiger partial charge is 0.493 e. The normalized spacial score (nSPS) is 14.7. The van der Waals surface area contributed by atoms with Crippen molar-refractivity contribution in [1.82, 2.24) is 14.9 Å². The van der Waals surface area contributed by atoms with Crippen LogP contribution in [0.4, 0.5) is 4.79 Å². The number of aryl methyl sites for hydroxylation is 1. The maximum Gasteiger partial charge on any atom is 0.417 e. The van der Waals surface area contributed by atoms with Gasteiger partial charge in [0.2, 0.25) is 0 Å². The summed E-state index contributed by atoms with van der Waals surface area (Å²) in [6, 6.07) is 26.0. The van der Waals surface area contributed by atoms with E-state index in [0.29, 0.717) is 30.2 Å². The molecule has 2 amide bonds. The fraction of sp³-hybridized carbons (Fsp3) is 0.211. The Balaban J connectivity index is 0.938. The minimum atomic E-state index is -0.765. The van der Waals surface area contributed by atoms with Crippen molar-refractivity contribution in [2.75, 3.05) is 7.11 Å². The Morgan fingerprint density at radius 2 is 1.44 bits per heavy atom. The first-order chi connectivity index (χ1) is 23.5. The highest BCUT2D eigenvalue weighted by molar-refractivity contribution is 7.10. The summed E-state index contributed by atoms with van der Waals surface area (Å²) in [6.45, 7) is 0.443. The molecular weight excluding hydrogens is 643 g/mol. The first-order valence-electron chi connectivity index (χ1n) is 15.7. The molecule has 3 aromatic carbocycles. The maximum atomic E-state index is 13.0. The number of hydrogen-bond donors (Lipinski definition) is 0. The Morgan fingerprint density at radius 1 is 0.792 bits per heavy atom. The first-order valence-corrected chi connectivity index (χ1v) is 17.5. The summed E-state index contributed by atoms with van der Waals surface area (Å²) in [5.74, 6) is 0.999. The van der Waals surface area contributed by atoms with Crippen LogP contribution in [0.1, 0.15) is 57.4 Å². The average Bonchev–Trinajstić information content (AvgIpc) is 3.85. The highest BCUT2D eigenvalue weighted by Gasteiger charge is 2.40. The molecule has 0 N–H and O–H groups in total. The molecule has 3 heterocycles. The summed E-state index contributed by atoms with van der Waals surface area (Å²) < 4.78 is 17.1. The van der Waals surface area contributed by atoms with Crippen LogP contribution in [-0.2, 0) is 29.1 Å². The Morgan fingerprint density at radius 3 is 2.10 bits per heavy atom. The molecule has 6 rings (SSSR count). The van der Waals surface area contributed by atoms with E-state index in [1.54, 1.807) is 18.4 Å². The third-order valence-electron chi connectivity index (χ3n) is 7.69. The van der Waals surface area contributed by atoms with Crippen molar-refractivity contribution in [3.63, 3.8) is 0 Å². The number of nitrogens with zero attached hydrogens (tertiary/aromatic N) is 3. The van der Waals surface area contributed by atoms with E-state index in [0.717, 1.165) is 56.6 Å². The predicted octanol–water partition coefficient (Wildman–Crippen LogP) is 8.79. The molecule has 5 aromatic rings. The topological polar surface area (TPSA) is 90.9 Å². The molecule has 48 heavy (non-hydrogen) atoms. The molecule has 1 fully saturated rings. The highest BCUT2D eigenvalue weighted by Crippen LogP contribution is 2.30. The zero-order valence-corrected chi connectivity index (χ0v) is 28.1. The number of cyclic esters (lactones) is 1. The van der Waals surface area contributed by atoms with Gasteiger partial charge in [0.1, 0.15) is 16.6 Å². The second-order valence-electron chi connectivity index (χ2n) is 11.2. The average molecular weight is 678 g/mol. The van der Waals surface area contributed by atoms with Gasteiger partial charge in [-0.05, 0) is 66.7 Å². The SMILES string of the molecule is COc1cc(CCCCC2OC(=O)N(Cc3csc(/C=C/c4ccccc4)n3)C2=O)ccc1OCc1csc(/C=C/c2ccccc2)n1. The fourth-order valence-corrected chi connectivity index (χ4v) is 6.58. The predicted molar refractivity (Wildman–Crippen MR) is 191 cm³/mol. The molecule has 1 aliphatic rings. The lowest BCUT2D eigenvalue weighted by atomic mass is 10.0. The third-order valence-corrected chi connectivity index (χ3v) is 9.40. The van der Waals surface area contributed by atoms with Crippen molar-refractivity contribution in [2.24, 2.45) is 0 Å². The maximum absolute atomic E-state index is 13.0. The molecular formula is C38H35N3O5S2. The second kappa shape index (κ2) is 16.2. The van der Waals surface area contributed by atoms with Crippen LogP contribution in [0.15, 0.2) is 89.6 Å². The van der Waals surface area contributed by atoms with E-state index in [2.05, 4.69) is 22.1 Å². The standard InChI is InChI=1S/C38H35N3O5S2/c1-44-34-22-29(16-19-32(34)45-24-31-26-48-36(40-31)21-18-28-12-6-3-7-13-28)14-8-9-15-33-37(42)41(38(43)46-33)23-30-25-47-35(39-30)20-17-27-10-4-2-5-11-27/h2-7,10-13,16-22,25-26,33H,8-9,14-15,23-24H2,1H3/b20-17+,21-18+. The molecule has 8 nitrogen and oxygen atoms in total. The van der Waals surface area contributed by atoms with Crippen LogP contribution in [0.5, 0.6) is 11.5 Å². The van der Waals surface area contributed by atoms with Gasteiger partial charge in [0.05, 0.1) is 25.0 Å². The van der Waals surface area contributed by atoms with Crippen LogP contribution in [0.3, 0.4) is 0 Å². The number of hydrogen-bond acceptors (Lipinski definition) is 9. The van der Waals surface area contributed by atoms with Crippen LogP contribution >= 0.6 is 22.7 Å². The van der Waals surface area contributed by atoms with Gasteiger partial charge >= 0.3 is 6.09 Å². The van der Waals surface area contributed by atoms with Crippen LogP contribution in [0.25, 0.3) is 24.3 Å². The van der Waals surface area contributed by atoms with Crippen molar-refractivity contribution in [2.45, 2.75) is 44.9 Å². The van der Waals surface area contributed by atoms with Gasteiger partial charge in [-0.2, -0.15) is 0 Å². The van der Waals surface area contributed by atoms with Gasteiger partial charge in [0.25, 0.3) is 5.91 Å². The third kappa shape index (κ3) is 8.84. The van der Waals surface area contributed by atoms with Gasteiger partial charge in [-0.15, -0.1) is 22.7 Å². The number of ether oxygens (including phenoxy) is 3. The van der Waals surface area contributed by atoms with Crippen molar-refractivity contribution < 1.29 is 23.8 Å². The number of amides is 2. The lowest BCUT2D eigenvalue weighted by Gasteiger charge is -2.12. The fourth-order valence-electron chi connectivity index (χ4n) is 5.18. The van der Waals surface area contributed by atoms with Gasteiger partial charge in [-0.25, -0.2) is 19.7 Å². The molecule has 2 aromatic heterocycles. The zero-order valence-electron chi connectivity index (χ0n) is 26.5. The van der Waals surface area contributed by atoms with Crippen molar-refractivity contribution in [3.8, 4) is 11.5 Å². The van der Waals surface area contributed by atoms with E-state index < -0.39 is 12.2 Å². The molecule has 0 spiro atoms. The van der Waals surface area contributed by atoms with Gasteiger partial charge in [0.15, 0.2) is 17.6 Å². The van der Waals surface area contributed by atoms with Crippen molar-refractivity contribution >= 4 is 59.0 Å². The number of carbonyl (C=O) groups excluding carboxylic acids is 2. The lowest BCUT2D eigenvalue weighted by Crippen LogP contribution is -2.31. The molecule has 0 saturated carbocycles. The van der Waals surface area contributed by atoms with Gasteiger partial charge < -0.3 is 14.2 Å². The van der Waals surface area contributed by atoms with E-state index in [1.165, 1.54) is 11.3 Å². The Hall–Kier alpha value is -5.06. The van der Waals surface area contributed by atoms with E-state index in [1.807, 2.05) is 102 Å². The Kier molecular flexibility index (Phi) is 11.1.